The lowest BCUT2D eigenvalue weighted by Crippen LogP contribution is -2.03. The maximum absolute atomic E-state index is 12.5. The van der Waals surface area contributed by atoms with Gasteiger partial charge in [0.05, 0.1) is 5.56 Å². The average molecular weight is 315 g/mol. The number of aromatic nitrogens is 2. The summed E-state index contributed by atoms with van der Waals surface area (Å²) in [4.78, 5) is 8.68. The third-order valence-electron chi connectivity index (χ3n) is 2.83. The molecule has 0 N–H and O–H groups in total. The maximum atomic E-state index is 12.5. The van der Waals surface area contributed by atoms with Crippen molar-refractivity contribution in [3.63, 3.8) is 0 Å². The van der Waals surface area contributed by atoms with Crippen LogP contribution in [0.1, 0.15) is 5.56 Å². The largest absolute Gasteiger partial charge is 0.416 e. The van der Waals surface area contributed by atoms with E-state index >= 15 is 0 Å². The van der Waals surface area contributed by atoms with Crippen LogP contribution >= 0.6 is 22.9 Å². The van der Waals surface area contributed by atoms with Gasteiger partial charge in [0.2, 0.25) is 5.28 Å². The van der Waals surface area contributed by atoms with Crippen molar-refractivity contribution in [3.05, 3.63) is 46.7 Å². The smallest absolute Gasteiger partial charge is 0.226 e. The molecular weight excluding hydrogens is 309 g/mol. The molecule has 20 heavy (non-hydrogen) atoms. The highest BCUT2D eigenvalue weighted by molar-refractivity contribution is 7.17. The molecule has 0 unspecified atom stereocenters. The van der Waals surface area contributed by atoms with Crippen molar-refractivity contribution >= 4 is 33.2 Å². The highest BCUT2D eigenvalue weighted by Crippen LogP contribution is 2.35. The van der Waals surface area contributed by atoms with E-state index in [9.17, 15) is 13.2 Å². The third kappa shape index (κ3) is 2.36. The first kappa shape index (κ1) is 13.3. The van der Waals surface area contributed by atoms with Crippen molar-refractivity contribution in [2.45, 2.75) is 6.18 Å². The number of thiophene rings is 1. The van der Waals surface area contributed by atoms with Crippen molar-refractivity contribution in [2.75, 3.05) is 0 Å². The Hall–Kier alpha value is -1.66. The van der Waals surface area contributed by atoms with Crippen molar-refractivity contribution < 1.29 is 13.2 Å². The minimum atomic E-state index is -4.33. The molecule has 0 amide bonds. The summed E-state index contributed by atoms with van der Waals surface area (Å²) in [5.41, 5.74) is 0.825. The lowest BCUT2D eigenvalue weighted by molar-refractivity contribution is -0.137. The number of hydrogen-bond acceptors (Lipinski definition) is 3. The Kier molecular flexibility index (Phi) is 3.14. The van der Waals surface area contributed by atoms with Gasteiger partial charge in [-0.2, -0.15) is 13.2 Å². The van der Waals surface area contributed by atoms with Gasteiger partial charge in [-0.15, -0.1) is 11.3 Å². The molecule has 0 radical (unpaired) electrons. The van der Waals surface area contributed by atoms with Crippen LogP contribution in [0.3, 0.4) is 0 Å². The predicted octanol–water partition coefficient (Wildman–Crippen LogP) is 5.03. The van der Waals surface area contributed by atoms with Crippen molar-refractivity contribution in [1.29, 1.82) is 0 Å². The van der Waals surface area contributed by atoms with Crippen molar-refractivity contribution in [2.24, 2.45) is 0 Å². The van der Waals surface area contributed by atoms with Gasteiger partial charge in [0.15, 0.2) is 0 Å². The molecule has 0 spiro atoms. The van der Waals surface area contributed by atoms with E-state index < -0.39 is 11.7 Å². The molecule has 2 heterocycles. The standard InChI is InChI=1S/C13H6ClF3N2S/c14-12-18-5-9-10(6-20-11(9)19-12)7-1-3-8(4-2-7)13(15,16)17/h1-6H. The molecule has 3 aromatic rings. The fourth-order valence-electron chi connectivity index (χ4n) is 1.86. The molecule has 102 valence electrons. The first-order valence-electron chi connectivity index (χ1n) is 5.52. The van der Waals surface area contributed by atoms with E-state index in [1.807, 2.05) is 5.38 Å². The van der Waals surface area contributed by atoms with Crippen LogP contribution in [0.5, 0.6) is 0 Å². The van der Waals surface area contributed by atoms with Crippen LogP contribution in [0, 0.1) is 0 Å². The number of fused-ring (bicyclic) bond motifs is 1. The van der Waals surface area contributed by atoms with Gasteiger partial charge in [-0.3, -0.25) is 0 Å². The lowest BCUT2D eigenvalue weighted by atomic mass is 10.0. The quantitative estimate of drug-likeness (QED) is 0.589. The summed E-state index contributed by atoms with van der Waals surface area (Å²) in [6.45, 7) is 0. The summed E-state index contributed by atoms with van der Waals surface area (Å²) >= 11 is 7.08. The molecule has 0 fully saturated rings. The summed E-state index contributed by atoms with van der Waals surface area (Å²) in [6, 6.07) is 5.02. The number of benzene rings is 1. The van der Waals surface area contributed by atoms with E-state index in [1.165, 1.54) is 23.5 Å². The maximum Gasteiger partial charge on any atom is 0.416 e. The highest BCUT2D eigenvalue weighted by atomic mass is 35.5. The Morgan fingerprint density at radius 3 is 2.45 bits per heavy atom. The van der Waals surface area contributed by atoms with Gasteiger partial charge in [0, 0.05) is 22.5 Å². The first-order valence-corrected chi connectivity index (χ1v) is 6.78. The zero-order chi connectivity index (χ0) is 14.3. The zero-order valence-corrected chi connectivity index (χ0v) is 11.4. The van der Waals surface area contributed by atoms with E-state index in [2.05, 4.69) is 9.97 Å². The van der Waals surface area contributed by atoms with Crippen LogP contribution in [0.2, 0.25) is 5.28 Å². The molecule has 1 aromatic carbocycles. The van der Waals surface area contributed by atoms with Gasteiger partial charge in [-0.1, -0.05) is 12.1 Å². The van der Waals surface area contributed by atoms with Gasteiger partial charge < -0.3 is 0 Å². The van der Waals surface area contributed by atoms with E-state index in [4.69, 9.17) is 11.6 Å². The molecule has 0 atom stereocenters. The average Bonchev–Trinajstić information content (AvgIpc) is 2.80. The van der Waals surface area contributed by atoms with E-state index in [-0.39, 0.29) is 5.28 Å². The summed E-state index contributed by atoms with van der Waals surface area (Å²) in [7, 11) is 0. The van der Waals surface area contributed by atoms with Crippen LogP contribution in [0.4, 0.5) is 13.2 Å². The Bertz CT molecular complexity index is 765. The number of hydrogen-bond donors (Lipinski definition) is 0. The zero-order valence-electron chi connectivity index (χ0n) is 9.78. The van der Waals surface area contributed by atoms with Crippen LogP contribution in [0.25, 0.3) is 21.3 Å². The summed E-state index contributed by atoms with van der Waals surface area (Å²) in [5, 5.41) is 2.76. The molecule has 2 nitrogen and oxygen atoms in total. The molecule has 0 bridgehead atoms. The molecule has 7 heteroatoms. The van der Waals surface area contributed by atoms with E-state index in [0.29, 0.717) is 10.4 Å². The molecular formula is C13H6ClF3N2S. The highest BCUT2D eigenvalue weighted by Gasteiger charge is 2.30. The minimum absolute atomic E-state index is 0.151. The summed E-state index contributed by atoms with van der Waals surface area (Å²) in [5.74, 6) is 0. The molecule has 2 aromatic heterocycles. The van der Waals surface area contributed by atoms with Crippen molar-refractivity contribution in [3.8, 4) is 11.1 Å². The van der Waals surface area contributed by atoms with Crippen molar-refractivity contribution in [1.82, 2.24) is 9.97 Å². The minimum Gasteiger partial charge on any atom is -0.226 e. The number of nitrogens with zero attached hydrogens (tertiary/aromatic N) is 2. The third-order valence-corrected chi connectivity index (χ3v) is 3.90. The number of halogens is 4. The van der Waals surface area contributed by atoms with Crippen LogP contribution in [0.15, 0.2) is 35.8 Å². The van der Waals surface area contributed by atoms with Gasteiger partial charge in [-0.25, -0.2) is 9.97 Å². The Balaban J connectivity index is 2.07. The second kappa shape index (κ2) is 4.71. The topological polar surface area (TPSA) is 25.8 Å². The molecule has 0 saturated carbocycles. The second-order valence-electron chi connectivity index (χ2n) is 4.08. The monoisotopic (exact) mass is 314 g/mol. The SMILES string of the molecule is FC(F)(F)c1ccc(-c2csc3nc(Cl)ncc23)cc1. The Labute approximate surface area is 120 Å². The van der Waals surface area contributed by atoms with Crippen LogP contribution in [-0.2, 0) is 6.18 Å². The normalized spacial score (nSPS) is 12.0. The van der Waals surface area contributed by atoms with E-state index in [1.54, 1.807) is 6.20 Å². The Morgan fingerprint density at radius 2 is 1.80 bits per heavy atom. The number of alkyl halides is 3. The van der Waals surface area contributed by atoms with E-state index in [0.717, 1.165) is 23.1 Å². The first-order chi connectivity index (χ1) is 9.45. The summed E-state index contributed by atoms with van der Waals surface area (Å²) < 4.78 is 37.6. The van der Waals surface area contributed by atoms with Crippen LogP contribution in [-0.4, -0.2) is 9.97 Å². The molecule has 0 saturated heterocycles. The summed E-state index contributed by atoms with van der Waals surface area (Å²) in [6.07, 6.45) is -2.75. The fraction of sp³-hybridized carbons (Fsp3) is 0.0769. The van der Waals surface area contributed by atoms with Crippen LogP contribution < -0.4 is 0 Å². The fourth-order valence-corrected chi connectivity index (χ4v) is 2.97. The molecule has 0 aliphatic heterocycles. The molecule has 0 aliphatic rings. The lowest BCUT2D eigenvalue weighted by Gasteiger charge is -2.07. The number of rotatable bonds is 1. The Morgan fingerprint density at radius 1 is 1.10 bits per heavy atom. The molecule has 3 rings (SSSR count). The van der Waals surface area contributed by atoms with Gasteiger partial charge in [-0.05, 0) is 29.3 Å². The van der Waals surface area contributed by atoms with Gasteiger partial charge in [0.1, 0.15) is 4.83 Å². The van der Waals surface area contributed by atoms with Gasteiger partial charge in [0.25, 0.3) is 0 Å². The van der Waals surface area contributed by atoms with Gasteiger partial charge >= 0.3 is 6.18 Å². The predicted molar refractivity (Wildman–Crippen MR) is 72.9 cm³/mol. The molecule has 0 aliphatic carbocycles. The second-order valence-corrected chi connectivity index (χ2v) is 5.28.